The maximum atomic E-state index is 13.2. The summed E-state index contributed by atoms with van der Waals surface area (Å²) in [5, 5.41) is 11.0. The molecule has 0 unspecified atom stereocenters. The molecule has 0 fully saturated rings. The van der Waals surface area contributed by atoms with Crippen molar-refractivity contribution in [3.05, 3.63) is 23.5 Å². The Morgan fingerprint density at radius 3 is 2.00 bits per heavy atom. The number of aliphatic hydroxyl groups excluding tert-OH is 1. The van der Waals surface area contributed by atoms with Gasteiger partial charge in [0.15, 0.2) is 0 Å². The molecule has 7 heteroatoms. The molecule has 0 saturated carbocycles. The van der Waals surface area contributed by atoms with Crippen molar-refractivity contribution in [2.75, 3.05) is 11.9 Å². The van der Waals surface area contributed by atoms with Gasteiger partial charge in [-0.2, -0.15) is 22.5 Å². The van der Waals surface area contributed by atoms with Gasteiger partial charge in [-0.25, -0.2) is 0 Å². The number of hydrogen-bond acceptors (Lipinski definition) is 3. The van der Waals surface area contributed by atoms with Crippen LogP contribution in [0.4, 0.5) is 23.2 Å². The van der Waals surface area contributed by atoms with E-state index in [1.54, 1.807) is 0 Å². The molecular weight excluding hydrogens is 240 g/mol. The summed E-state index contributed by atoms with van der Waals surface area (Å²) in [7, 11) is 0. The van der Waals surface area contributed by atoms with E-state index in [4.69, 9.17) is 5.11 Å². The molecule has 0 bridgehead atoms. The molecule has 0 spiro atoms. The summed E-state index contributed by atoms with van der Waals surface area (Å²) < 4.78 is 52.1. The third-order valence-electron chi connectivity index (χ3n) is 2.20. The van der Waals surface area contributed by atoms with Crippen LogP contribution in [0.25, 0.3) is 0 Å². The SMILES string of the molecule is CC(C)(CCO)Nc1c(F)c(F)nc(F)c1F. The van der Waals surface area contributed by atoms with E-state index >= 15 is 0 Å². The normalized spacial score (nSPS) is 11.7. The van der Waals surface area contributed by atoms with Crippen molar-refractivity contribution in [2.45, 2.75) is 25.8 Å². The molecule has 0 aliphatic heterocycles. The monoisotopic (exact) mass is 252 g/mol. The Morgan fingerprint density at radius 2 is 1.59 bits per heavy atom. The maximum absolute atomic E-state index is 13.2. The van der Waals surface area contributed by atoms with Crippen molar-refractivity contribution in [2.24, 2.45) is 0 Å². The van der Waals surface area contributed by atoms with Crippen molar-refractivity contribution in [3.8, 4) is 0 Å². The molecule has 0 aliphatic rings. The fourth-order valence-electron chi connectivity index (χ4n) is 1.28. The van der Waals surface area contributed by atoms with E-state index in [0.29, 0.717) is 0 Å². The van der Waals surface area contributed by atoms with Crippen LogP contribution in [0.2, 0.25) is 0 Å². The minimum absolute atomic E-state index is 0.150. The second kappa shape index (κ2) is 4.87. The van der Waals surface area contributed by atoms with Crippen LogP contribution in [0.1, 0.15) is 20.3 Å². The Kier molecular flexibility index (Phi) is 3.92. The van der Waals surface area contributed by atoms with Gasteiger partial charge in [0.2, 0.25) is 11.6 Å². The molecule has 1 aromatic heterocycles. The highest BCUT2D eigenvalue weighted by Crippen LogP contribution is 2.26. The summed E-state index contributed by atoms with van der Waals surface area (Å²) in [6, 6.07) is 0. The highest BCUT2D eigenvalue weighted by Gasteiger charge is 2.26. The second-order valence-corrected chi connectivity index (χ2v) is 4.18. The lowest BCUT2D eigenvalue weighted by atomic mass is 10.0. The number of pyridine rings is 1. The topological polar surface area (TPSA) is 45.1 Å². The van der Waals surface area contributed by atoms with Crippen LogP contribution in [0.5, 0.6) is 0 Å². The van der Waals surface area contributed by atoms with Crippen LogP contribution >= 0.6 is 0 Å². The third kappa shape index (κ3) is 3.06. The maximum Gasteiger partial charge on any atom is 0.253 e. The van der Waals surface area contributed by atoms with E-state index in [-0.39, 0.29) is 13.0 Å². The summed E-state index contributed by atoms with van der Waals surface area (Å²) in [5.74, 6) is -6.61. The predicted molar refractivity (Wildman–Crippen MR) is 53.5 cm³/mol. The van der Waals surface area contributed by atoms with Gasteiger partial charge in [-0.1, -0.05) is 0 Å². The van der Waals surface area contributed by atoms with Crippen molar-refractivity contribution in [1.82, 2.24) is 4.98 Å². The van der Waals surface area contributed by atoms with Crippen LogP contribution in [-0.2, 0) is 0 Å². The molecule has 1 heterocycles. The summed E-state index contributed by atoms with van der Waals surface area (Å²) >= 11 is 0. The first kappa shape index (κ1) is 13.7. The first-order valence-corrected chi connectivity index (χ1v) is 4.87. The van der Waals surface area contributed by atoms with Gasteiger partial charge in [0, 0.05) is 12.1 Å². The van der Waals surface area contributed by atoms with E-state index in [1.807, 2.05) is 0 Å². The number of aliphatic hydroxyl groups is 1. The molecular formula is C10H12F4N2O. The van der Waals surface area contributed by atoms with Crippen molar-refractivity contribution >= 4 is 5.69 Å². The van der Waals surface area contributed by atoms with Crippen LogP contribution in [0, 0.1) is 23.5 Å². The summed E-state index contributed by atoms with van der Waals surface area (Å²) in [4.78, 5) is 2.44. The Bertz CT molecular complexity index is 397. The molecule has 0 radical (unpaired) electrons. The van der Waals surface area contributed by atoms with E-state index in [2.05, 4.69) is 10.3 Å². The highest BCUT2D eigenvalue weighted by atomic mass is 19.2. The lowest BCUT2D eigenvalue weighted by Gasteiger charge is -2.27. The first-order chi connectivity index (χ1) is 7.78. The Balaban J connectivity index is 3.14. The molecule has 0 amide bonds. The zero-order valence-electron chi connectivity index (χ0n) is 9.32. The number of anilines is 1. The zero-order valence-corrected chi connectivity index (χ0v) is 9.32. The average Bonchev–Trinajstić information content (AvgIpc) is 2.21. The van der Waals surface area contributed by atoms with E-state index in [0.717, 1.165) is 0 Å². The molecule has 2 N–H and O–H groups in total. The fraction of sp³-hybridized carbons (Fsp3) is 0.500. The largest absolute Gasteiger partial charge is 0.396 e. The Labute approximate surface area is 95.5 Å². The summed E-state index contributed by atoms with van der Waals surface area (Å²) in [6.07, 6.45) is 0.150. The molecule has 3 nitrogen and oxygen atoms in total. The molecule has 0 aliphatic carbocycles. The first-order valence-electron chi connectivity index (χ1n) is 4.87. The van der Waals surface area contributed by atoms with Crippen molar-refractivity contribution in [1.29, 1.82) is 0 Å². The van der Waals surface area contributed by atoms with E-state index in [1.165, 1.54) is 13.8 Å². The van der Waals surface area contributed by atoms with Crippen molar-refractivity contribution < 1.29 is 22.7 Å². The molecule has 0 saturated heterocycles. The highest BCUT2D eigenvalue weighted by molar-refractivity contribution is 5.47. The number of hydrogen-bond donors (Lipinski definition) is 2. The number of nitrogens with one attached hydrogen (secondary N) is 1. The van der Waals surface area contributed by atoms with Gasteiger partial charge in [0.05, 0.1) is 0 Å². The molecule has 0 aromatic carbocycles. The number of nitrogens with zero attached hydrogens (tertiary/aromatic N) is 1. The lowest BCUT2D eigenvalue weighted by Crippen LogP contribution is -2.33. The second-order valence-electron chi connectivity index (χ2n) is 4.18. The van der Waals surface area contributed by atoms with Crippen molar-refractivity contribution in [3.63, 3.8) is 0 Å². The Hall–Kier alpha value is -1.37. The third-order valence-corrected chi connectivity index (χ3v) is 2.20. The molecule has 96 valence electrons. The van der Waals surface area contributed by atoms with E-state index in [9.17, 15) is 17.6 Å². The van der Waals surface area contributed by atoms with Crippen LogP contribution in [0.3, 0.4) is 0 Å². The van der Waals surface area contributed by atoms with Gasteiger partial charge in [-0.15, -0.1) is 0 Å². The van der Waals surface area contributed by atoms with Gasteiger partial charge in [-0.05, 0) is 20.3 Å². The van der Waals surface area contributed by atoms with Gasteiger partial charge >= 0.3 is 0 Å². The standard InChI is InChI=1S/C10H12F4N2O/c1-10(2,3-4-17)16-7-5(11)8(13)15-9(14)6(7)12/h17H,3-4H2,1-2H3,(H,15,16). The Morgan fingerprint density at radius 1 is 1.12 bits per heavy atom. The minimum Gasteiger partial charge on any atom is -0.396 e. The average molecular weight is 252 g/mol. The van der Waals surface area contributed by atoms with Gasteiger partial charge in [0.1, 0.15) is 5.69 Å². The predicted octanol–water partition coefficient (Wildman–Crippen LogP) is 2.21. The quantitative estimate of drug-likeness (QED) is 0.638. The zero-order chi connectivity index (χ0) is 13.2. The minimum atomic E-state index is -1.72. The molecule has 1 aromatic rings. The van der Waals surface area contributed by atoms with Crippen LogP contribution in [-0.4, -0.2) is 22.2 Å². The molecule has 17 heavy (non-hydrogen) atoms. The molecule has 0 atom stereocenters. The van der Waals surface area contributed by atoms with Crippen LogP contribution < -0.4 is 5.32 Å². The number of rotatable bonds is 4. The molecule has 1 rings (SSSR count). The lowest BCUT2D eigenvalue weighted by molar-refractivity contribution is 0.260. The fourth-order valence-corrected chi connectivity index (χ4v) is 1.28. The van der Waals surface area contributed by atoms with Gasteiger partial charge in [0.25, 0.3) is 11.9 Å². The number of aromatic nitrogens is 1. The van der Waals surface area contributed by atoms with E-state index < -0.39 is 34.8 Å². The van der Waals surface area contributed by atoms with Crippen LogP contribution in [0.15, 0.2) is 0 Å². The summed E-state index contributed by atoms with van der Waals surface area (Å²) in [5.41, 5.74) is -1.84. The van der Waals surface area contributed by atoms with Gasteiger partial charge in [-0.3, -0.25) is 0 Å². The summed E-state index contributed by atoms with van der Waals surface area (Å²) in [6.45, 7) is 2.82. The van der Waals surface area contributed by atoms with Gasteiger partial charge < -0.3 is 10.4 Å². The smallest absolute Gasteiger partial charge is 0.253 e. The number of halogens is 4.